The summed E-state index contributed by atoms with van der Waals surface area (Å²) in [4.78, 5) is 4.58. The van der Waals surface area contributed by atoms with E-state index in [9.17, 15) is 0 Å². The molecule has 0 bridgehead atoms. The average molecular weight is 284 g/mol. The number of halogens is 2. The SMILES string of the molecule is CCCCCCN1C=CN(C)C1.ClBr. The van der Waals surface area contributed by atoms with Gasteiger partial charge < -0.3 is 9.80 Å². The zero-order valence-corrected chi connectivity index (χ0v) is 11.4. The second-order valence-corrected chi connectivity index (χ2v) is 3.57. The molecule has 14 heavy (non-hydrogen) atoms. The predicted octanol–water partition coefficient (Wildman–Crippen LogP) is 3.78. The van der Waals surface area contributed by atoms with Crippen molar-refractivity contribution in [3.8, 4) is 0 Å². The van der Waals surface area contributed by atoms with Crippen LogP contribution in [0.5, 0.6) is 0 Å². The minimum Gasteiger partial charge on any atom is -0.362 e. The molecule has 1 aliphatic heterocycles. The molecule has 0 aliphatic carbocycles. The second kappa shape index (κ2) is 9.66. The van der Waals surface area contributed by atoms with E-state index < -0.39 is 0 Å². The third kappa shape index (κ3) is 6.55. The van der Waals surface area contributed by atoms with Crippen LogP contribution in [0, 0.1) is 0 Å². The first kappa shape index (κ1) is 14.1. The van der Waals surface area contributed by atoms with Gasteiger partial charge >= 0.3 is 0 Å². The van der Waals surface area contributed by atoms with Gasteiger partial charge in [0, 0.05) is 41.0 Å². The van der Waals surface area contributed by atoms with E-state index in [1.807, 2.05) is 0 Å². The molecular weight excluding hydrogens is 263 g/mol. The molecule has 1 rings (SSSR count). The van der Waals surface area contributed by atoms with Crippen LogP contribution in [0.25, 0.3) is 0 Å². The van der Waals surface area contributed by atoms with E-state index in [0.717, 1.165) is 6.67 Å². The van der Waals surface area contributed by atoms with Crippen molar-refractivity contribution in [1.29, 1.82) is 0 Å². The Labute approximate surface area is 100 Å². The molecule has 1 aliphatic rings. The van der Waals surface area contributed by atoms with Gasteiger partial charge in [-0.15, -0.1) is 0 Å². The third-order valence-corrected chi connectivity index (χ3v) is 2.24. The Balaban J connectivity index is 0.000000791. The number of hydrogen-bond acceptors (Lipinski definition) is 2. The van der Waals surface area contributed by atoms with Gasteiger partial charge in [-0.1, -0.05) is 26.2 Å². The predicted molar refractivity (Wildman–Crippen MR) is 67.4 cm³/mol. The smallest absolute Gasteiger partial charge is 0.0890 e. The van der Waals surface area contributed by atoms with Crippen LogP contribution in [0.3, 0.4) is 0 Å². The maximum atomic E-state index is 4.45. The lowest BCUT2D eigenvalue weighted by molar-refractivity contribution is 0.291. The number of unbranched alkanes of at least 4 members (excludes halogenated alkanes) is 3. The largest absolute Gasteiger partial charge is 0.362 e. The van der Waals surface area contributed by atoms with Crippen molar-refractivity contribution in [3.63, 3.8) is 0 Å². The van der Waals surface area contributed by atoms with Gasteiger partial charge in [0.05, 0.1) is 6.67 Å². The fourth-order valence-corrected chi connectivity index (χ4v) is 1.48. The van der Waals surface area contributed by atoms with Crippen molar-refractivity contribution in [2.75, 3.05) is 20.3 Å². The van der Waals surface area contributed by atoms with Gasteiger partial charge in [-0.2, -0.15) is 0 Å². The monoisotopic (exact) mass is 282 g/mol. The molecule has 0 aromatic rings. The van der Waals surface area contributed by atoms with Gasteiger partial charge in [0.1, 0.15) is 0 Å². The summed E-state index contributed by atoms with van der Waals surface area (Å²) in [6, 6.07) is 0. The normalized spacial score (nSPS) is 14.3. The zero-order chi connectivity index (χ0) is 10.8. The Morgan fingerprint density at radius 2 is 1.93 bits per heavy atom. The molecule has 0 N–H and O–H groups in total. The van der Waals surface area contributed by atoms with Crippen LogP contribution in [-0.2, 0) is 0 Å². The van der Waals surface area contributed by atoms with Crippen LogP contribution >= 0.6 is 25.1 Å². The molecule has 2 nitrogen and oxygen atoms in total. The summed E-state index contributed by atoms with van der Waals surface area (Å²) in [7, 11) is 6.57. The summed E-state index contributed by atoms with van der Waals surface area (Å²) >= 11 is 2.41. The standard InChI is InChI=1S/C10H20N2.BrCl/c1-3-4-5-6-7-12-9-8-11(2)10-12;1-2/h8-9H,3-7,10H2,1-2H3;. The summed E-state index contributed by atoms with van der Waals surface area (Å²) in [5.41, 5.74) is 0. The summed E-state index contributed by atoms with van der Waals surface area (Å²) in [5.74, 6) is 0. The maximum absolute atomic E-state index is 4.45. The second-order valence-electron chi connectivity index (χ2n) is 3.57. The highest BCUT2D eigenvalue weighted by molar-refractivity contribution is 9.22. The quantitative estimate of drug-likeness (QED) is 0.709. The molecule has 4 heteroatoms. The van der Waals surface area contributed by atoms with E-state index in [0.29, 0.717) is 0 Å². The maximum Gasteiger partial charge on any atom is 0.0890 e. The van der Waals surface area contributed by atoms with E-state index in [1.54, 1.807) is 0 Å². The van der Waals surface area contributed by atoms with Crippen LogP contribution in [0.15, 0.2) is 12.4 Å². The Bertz CT molecular complexity index is 153. The molecule has 0 radical (unpaired) electrons. The highest BCUT2D eigenvalue weighted by Crippen LogP contribution is 2.06. The topological polar surface area (TPSA) is 6.48 Å². The van der Waals surface area contributed by atoms with E-state index in [-0.39, 0.29) is 0 Å². The molecule has 0 saturated heterocycles. The molecule has 0 spiro atoms. The number of nitrogens with zero attached hydrogens (tertiary/aromatic N) is 2. The lowest BCUT2D eigenvalue weighted by Gasteiger charge is -2.17. The first-order valence-corrected chi connectivity index (χ1v) is 7.18. The summed E-state index contributed by atoms with van der Waals surface area (Å²) in [6.45, 7) is 4.55. The minimum absolute atomic E-state index is 1.08. The van der Waals surface area contributed by atoms with Crippen molar-refractivity contribution in [1.82, 2.24) is 9.80 Å². The molecule has 0 saturated carbocycles. The number of rotatable bonds is 5. The van der Waals surface area contributed by atoms with Crippen LogP contribution in [0.1, 0.15) is 32.6 Å². The molecule has 84 valence electrons. The van der Waals surface area contributed by atoms with Crippen molar-refractivity contribution < 1.29 is 0 Å². The molecule has 0 atom stereocenters. The van der Waals surface area contributed by atoms with Crippen LogP contribution in [-0.4, -0.2) is 30.1 Å². The first-order chi connectivity index (χ1) is 6.83. The van der Waals surface area contributed by atoms with Gasteiger partial charge in [-0.3, -0.25) is 0 Å². The lowest BCUT2D eigenvalue weighted by Crippen LogP contribution is -2.23. The van der Waals surface area contributed by atoms with Crippen molar-refractivity contribution >= 4 is 25.1 Å². The minimum atomic E-state index is 1.08. The van der Waals surface area contributed by atoms with Crippen molar-refractivity contribution in [3.05, 3.63) is 12.4 Å². The molecule has 0 fully saturated rings. The molecule has 1 heterocycles. The third-order valence-electron chi connectivity index (χ3n) is 2.24. The zero-order valence-electron chi connectivity index (χ0n) is 9.05. The van der Waals surface area contributed by atoms with E-state index in [1.165, 1.54) is 32.2 Å². The summed E-state index contributed by atoms with van der Waals surface area (Å²) in [5, 5.41) is 0. The van der Waals surface area contributed by atoms with E-state index in [4.69, 9.17) is 0 Å². The van der Waals surface area contributed by atoms with Crippen LogP contribution < -0.4 is 0 Å². The van der Waals surface area contributed by atoms with Crippen molar-refractivity contribution in [2.24, 2.45) is 0 Å². The molecular formula is C10H20BrClN2. The molecule has 0 amide bonds. The van der Waals surface area contributed by atoms with Crippen LogP contribution in [0.4, 0.5) is 0 Å². The van der Waals surface area contributed by atoms with Gasteiger partial charge in [0.25, 0.3) is 0 Å². The van der Waals surface area contributed by atoms with Gasteiger partial charge in [-0.25, -0.2) is 0 Å². The van der Waals surface area contributed by atoms with E-state index >= 15 is 0 Å². The van der Waals surface area contributed by atoms with Crippen molar-refractivity contribution in [2.45, 2.75) is 32.6 Å². The Morgan fingerprint density at radius 1 is 1.21 bits per heavy atom. The van der Waals surface area contributed by atoms with E-state index in [2.05, 4.69) is 61.3 Å². The average Bonchev–Trinajstić information content (AvgIpc) is 2.62. The highest BCUT2D eigenvalue weighted by atomic mass is 79.9. The van der Waals surface area contributed by atoms with Gasteiger partial charge in [0.15, 0.2) is 0 Å². The Hall–Kier alpha value is 0.110. The Morgan fingerprint density at radius 3 is 2.43 bits per heavy atom. The fourth-order valence-electron chi connectivity index (χ4n) is 1.48. The van der Waals surface area contributed by atoms with Gasteiger partial charge in [-0.05, 0) is 16.5 Å². The first-order valence-electron chi connectivity index (χ1n) is 5.10. The molecule has 0 aromatic carbocycles. The summed E-state index contributed by atoms with van der Waals surface area (Å²) in [6.07, 6.45) is 9.76. The summed E-state index contributed by atoms with van der Waals surface area (Å²) < 4.78 is 0. The van der Waals surface area contributed by atoms with Crippen LogP contribution in [0.2, 0.25) is 0 Å². The number of hydrogen-bond donors (Lipinski definition) is 0. The Kier molecular flexibility index (Phi) is 9.73. The lowest BCUT2D eigenvalue weighted by atomic mass is 10.2. The molecule has 0 aromatic heterocycles. The van der Waals surface area contributed by atoms with Gasteiger partial charge in [0.2, 0.25) is 0 Å². The molecule has 0 unspecified atom stereocenters. The highest BCUT2D eigenvalue weighted by Gasteiger charge is 2.06. The fraction of sp³-hybridized carbons (Fsp3) is 0.800.